The number of carbonyl (C=O) groups excluding carboxylic acids is 2. The van der Waals surface area contributed by atoms with Crippen LogP contribution >= 0.6 is 0 Å². The smallest absolute Gasteiger partial charge is 0.246 e. The number of hydrogen-bond acceptors (Lipinski definition) is 2. The summed E-state index contributed by atoms with van der Waals surface area (Å²) in [5.41, 5.74) is 3.51. The van der Waals surface area contributed by atoms with Gasteiger partial charge in [-0.1, -0.05) is 75.4 Å². The van der Waals surface area contributed by atoms with Gasteiger partial charge in [0, 0.05) is 31.6 Å². The van der Waals surface area contributed by atoms with Crippen molar-refractivity contribution in [3.63, 3.8) is 0 Å². The molecule has 1 saturated heterocycles. The van der Waals surface area contributed by atoms with E-state index in [0.717, 1.165) is 11.1 Å². The van der Waals surface area contributed by atoms with Crippen molar-refractivity contribution in [2.75, 3.05) is 13.1 Å². The lowest BCUT2D eigenvalue weighted by Crippen LogP contribution is -2.42. The fraction of sp³-hybridized carbons (Fsp3) is 0.385. The number of carbonyl (C=O) groups is 2. The number of piperidine rings is 1. The molecule has 30 heavy (non-hydrogen) atoms. The number of nitrogens with one attached hydrogen (secondary N) is 1. The second-order valence-electron chi connectivity index (χ2n) is 9.01. The summed E-state index contributed by atoms with van der Waals surface area (Å²) in [7, 11) is 0. The molecule has 1 fully saturated rings. The maximum atomic E-state index is 12.5. The van der Waals surface area contributed by atoms with E-state index in [1.54, 1.807) is 6.08 Å². The van der Waals surface area contributed by atoms with Crippen LogP contribution in [0.3, 0.4) is 0 Å². The molecule has 0 aliphatic carbocycles. The molecule has 0 unspecified atom stereocenters. The Morgan fingerprint density at radius 1 is 1.00 bits per heavy atom. The predicted octanol–water partition coefficient (Wildman–Crippen LogP) is 4.55. The van der Waals surface area contributed by atoms with E-state index in [0.29, 0.717) is 32.5 Å². The van der Waals surface area contributed by atoms with Crippen LogP contribution < -0.4 is 5.32 Å². The highest BCUT2D eigenvalue weighted by atomic mass is 16.2. The van der Waals surface area contributed by atoms with Crippen LogP contribution in [0.1, 0.15) is 50.3 Å². The lowest BCUT2D eigenvalue weighted by Gasteiger charge is -2.30. The van der Waals surface area contributed by atoms with Crippen molar-refractivity contribution < 1.29 is 9.59 Å². The average Bonchev–Trinajstić information content (AvgIpc) is 2.76. The van der Waals surface area contributed by atoms with E-state index in [1.165, 1.54) is 5.56 Å². The van der Waals surface area contributed by atoms with Crippen LogP contribution in [0.5, 0.6) is 0 Å². The number of likely N-dealkylation sites (tertiary alicyclic amines) is 1. The van der Waals surface area contributed by atoms with Gasteiger partial charge in [-0.2, -0.15) is 0 Å². The Kier molecular flexibility index (Phi) is 7.09. The molecule has 0 atom stereocenters. The number of amides is 2. The van der Waals surface area contributed by atoms with E-state index in [4.69, 9.17) is 0 Å². The minimum absolute atomic E-state index is 0.0121. The standard InChI is InChI=1S/C26H32N2O2/c1-26(2,3)23-12-9-20(10-13-23)11-14-24(29)28-17-15-22(16-18-28)25(30)27-19-21-7-5-4-6-8-21/h4-14,22H,15-19H2,1-3H3,(H,27,30). The highest BCUT2D eigenvalue weighted by Crippen LogP contribution is 2.23. The fourth-order valence-electron chi connectivity index (χ4n) is 3.66. The largest absolute Gasteiger partial charge is 0.352 e. The van der Waals surface area contributed by atoms with Crippen molar-refractivity contribution in [1.29, 1.82) is 0 Å². The van der Waals surface area contributed by atoms with Gasteiger partial charge in [-0.05, 0) is 41.0 Å². The number of hydrogen-bond donors (Lipinski definition) is 1. The molecule has 4 nitrogen and oxygen atoms in total. The quantitative estimate of drug-likeness (QED) is 0.743. The number of benzene rings is 2. The zero-order valence-corrected chi connectivity index (χ0v) is 18.2. The first-order valence-corrected chi connectivity index (χ1v) is 10.7. The first-order valence-electron chi connectivity index (χ1n) is 10.7. The lowest BCUT2D eigenvalue weighted by molar-refractivity contribution is -0.132. The summed E-state index contributed by atoms with van der Waals surface area (Å²) in [6.07, 6.45) is 4.93. The van der Waals surface area contributed by atoms with E-state index >= 15 is 0 Å². The van der Waals surface area contributed by atoms with E-state index in [9.17, 15) is 9.59 Å². The zero-order chi connectivity index (χ0) is 21.6. The summed E-state index contributed by atoms with van der Waals surface area (Å²) in [5.74, 6) is 0.0742. The van der Waals surface area contributed by atoms with Crippen LogP contribution in [0.25, 0.3) is 6.08 Å². The molecule has 1 heterocycles. The van der Waals surface area contributed by atoms with E-state index in [-0.39, 0.29) is 23.1 Å². The van der Waals surface area contributed by atoms with Crippen molar-refractivity contribution in [3.8, 4) is 0 Å². The van der Waals surface area contributed by atoms with Gasteiger partial charge in [0.2, 0.25) is 11.8 Å². The van der Waals surface area contributed by atoms with Gasteiger partial charge in [0.15, 0.2) is 0 Å². The summed E-state index contributed by atoms with van der Waals surface area (Å²) in [5, 5.41) is 3.02. The van der Waals surface area contributed by atoms with Crippen molar-refractivity contribution in [2.24, 2.45) is 5.92 Å². The van der Waals surface area contributed by atoms with E-state index in [2.05, 4.69) is 38.2 Å². The van der Waals surface area contributed by atoms with Gasteiger partial charge >= 0.3 is 0 Å². The van der Waals surface area contributed by atoms with Crippen molar-refractivity contribution in [3.05, 3.63) is 77.4 Å². The summed E-state index contributed by atoms with van der Waals surface area (Å²) in [4.78, 5) is 26.8. The first kappa shape index (κ1) is 21.8. The molecule has 0 spiro atoms. The molecule has 2 aromatic carbocycles. The summed E-state index contributed by atoms with van der Waals surface area (Å²) in [6, 6.07) is 18.2. The van der Waals surface area contributed by atoms with Gasteiger partial charge in [-0.25, -0.2) is 0 Å². The van der Waals surface area contributed by atoms with E-state index < -0.39 is 0 Å². The zero-order valence-electron chi connectivity index (χ0n) is 18.2. The Morgan fingerprint density at radius 2 is 1.63 bits per heavy atom. The minimum Gasteiger partial charge on any atom is -0.352 e. The van der Waals surface area contributed by atoms with Crippen LogP contribution in [0.15, 0.2) is 60.7 Å². The third kappa shape index (κ3) is 6.06. The number of rotatable bonds is 5. The molecular formula is C26H32N2O2. The van der Waals surface area contributed by atoms with Gasteiger partial charge in [0.1, 0.15) is 0 Å². The van der Waals surface area contributed by atoms with Crippen LogP contribution in [0, 0.1) is 5.92 Å². The first-order chi connectivity index (χ1) is 14.3. The molecule has 1 N–H and O–H groups in total. The minimum atomic E-state index is -0.0216. The summed E-state index contributed by atoms with van der Waals surface area (Å²) >= 11 is 0. The molecule has 4 heteroatoms. The van der Waals surface area contributed by atoms with Gasteiger partial charge in [0.25, 0.3) is 0 Å². The highest BCUT2D eigenvalue weighted by Gasteiger charge is 2.26. The van der Waals surface area contributed by atoms with Crippen molar-refractivity contribution >= 4 is 17.9 Å². The average molecular weight is 405 g/mol. The number of nitrogens with zero attached hydrogens (tertiary/aromatic N) is 1. The summed E-state index contributed by atoms with van der Waals surface area (Å²) < 4.78 is 0. The Morgan fingerprint density at radius 3 is 2.23 bits per heavy atom. The molecule has 1 aliphatic rings. The van der Waals surface area contributed by atoms with Crippen LogP contribution in [-0.4, -0.2) is 29.8 Å². The Hall–Kier alpha value is -2.88. The Balaban J connectivity index is 1.45. The summed E-state index contributed by atoms with van der Waals surface area (Å²) in [6.45, 7) is 8.35. The van der Waals surface area contributed by atoms with Gasteiger partial charge in [0.05, 0.1) is 0 Å². The molecule has 0 aromatic heterocycles. The Bertz CT molecular complexity index is 871. The van der Waals surface area contributed by atoms with Gasteiger partial charge in [-0.15, -0.1) is 0 Å². The molecule has 0 saturated carbocycles. The Labute approximate surface area is 180 Å². The van der Waals surface area contributed by atoms with E-state index in [1.807, 2.05) is 53.4 Å². The van der Waals surface area contributed by atoms with Crippen LogP contribution in [0.4, 0.5) is 0 Å². The maximum absolute atomic E-state index is 12.5. The molecule has 0 bridgehead atoms. The highest BCUT2D eigenvalue weighted by molar-refractivity contribution is 5.92. The second kappa shape index (κ2) is 9.75. The normalized spacial score (nSPS) is 15.4. The fourth-order valence-corrected chi connectivity index (χ4v) is 3.66. The molecule has 158 valence electrons. The van der Waals surface area contributed by atoms with Crippen molar-refractivity contribution in [2.45, 2.75) is 45.6 Å². The second-order valence-corrected chi connectivity index (χ2v) is 9.01. The molecule has 2 amide bonds. The van der Waals surface area contributed by atoms with Crippen LogP contribution in [-0.2, 0) is 21.5 Å². The maximum Gasteiger partial charge on any atom is 0.246 e. The lowest BCUT2D eigenvalue weighted by atomic mass is 9.87. The molecule has 1 aliphatic heterocycles. The molecule has 3 rings (SSSR count). The van der Waals surface area contributed by atoms with Crippen LogP contribution in [0.2, 0.25) is 0 Å². The molecule has 2 aromatic rings. The van der Waals surface area contributed by atoms with Gasteiger partial charge < -0.3 is 10.2 Å². The molecule has 0 radical (unpaired) electrons. The van der Waals surface area contributed by atoms with Gasteiger partial charge in [-0.3, -0.25) is 9.59 Å². The SMILES string of the molecule is CC(C)(C)c1ccc(C=CC(=O)N2CCC(C(=O)NCc3ccccc3)CC2)cc1. The van der Waals surface area contributed by atoms with Crippen molar-refractivity contribution in [1.82, 2.24) is 10.2 Å². The third-order valence-corrected chi connectivity index (χ3v) is 5.68. The predicted molar refractivity (Wildman–Crippen MR) is 122 cm³/mol. The molecular weight excluding hydrogens is 372 g/mol. The third-order valence-electron chi connectivity index (χ3n) is 5.68. The monoisotopic (exact) mass is 404 g/mol. The topological polar surface area (TPSA) is 49.4 Å².